The fourth-order valence-electron chi connectivity index (χ4n) is 2.21. The Hall–Kier alpha value is -1.14. The molecule has 0 unspecified atom stereocenters. The molecule has 0 aliphatic carbocycles. The van der Waals surface area contributed by atoms with Gasteiger partial charge >= 0.3 is 5.97 Å². The quantitative estimate of drug-likeness (QED) is 0.727. The van der Waals surface area contributed by atoms with Crippen molar-refractivity contribution < 1.29 is 19.4 Å². The number of carbonyl (C=O) groups excluding carboxylic acids is 1. The van der Waals surface area contributed by atoms with E-state index in [9.17, 15) is 9.59 Å². The number of rotatable bonds is 5. The van der Waals surface area contributed by atoms with Crippen molar-refractivity contribution in [2.24, 2.45) is 11.1 Å². The third-order valence-electron chi connectivity index (χ3n) is 3.48. The van der Waals surface area contributed by atoms with Gasteiger partial charge in [-0.15, -0.1) is 0 Å². The van der Waals surface area contributed by atoms with Crippen LogP contribution in [0.15, 0.2) is 0 Å². The highest BCUT2D eigenvalue weighted by atomic mass is 16.5. The highest BCUT2D eigenvalue weighted by molar-refractivity contribution is 5.86. The number of hydrogen-bond acceptors (Lipinski definition) is 4. The van der Waals surface area contributed by atoms with E-state index in [4.69, 9.17) is 15.6 Å². The van der Waals surface area contributed by atoms with Crippen molar-refractivity contribution in [3.63, 3.8) is 0 Å². The van der Waals surface area contributed by atoms with Crippen LogP contribution in [-0.4, -0.2) is 54.2 Å². The van der Waals surface area contributed by atoms with E-state index in [1.165, 1.54) is 4.90 Å². The third-order valence-corrected chi connectivity index (χ3v) is 3.48. The number of ether oxygens (including phenoxy) is 1. The van der Waals surface area contributed by atoms with Crippen LogP contribution in [0.25, 0.3) is 0 Å². The molecule has 18 heavy (non-hydrogen) atoms. The normalized spacial score (nSPS) is 18.7. The maximum absolute atomic E-state index is 12.6. The number of hydrogen-bond donors (Lipinski definition) is 2. The average Bonchev–Trinajstić information content (AvgIpc) is 2.35. The first-order chi connectivity index (χ1) is 8.43. The van der Waals surface area contributed by atoms with Crippen LogP contribution in [0, 0.1) is 5.41 Å². The lowest BCUT2D eigenvalue weighted by molar-refractivity contribution is -0.155. The Morgan fingerprint density at radius 1 is 1.39 bits per heavy atom. The molecule has 1 rings (SSSR count). The number of nitrogens with zero attached hydrogens (tertiary/aromatic N) is 1. The summed E-state index contributed by atoms with van der Waals surface area (Å²) in [5.41, 5.74) is 5.10. The first-order valence-electron chi connectivity index (χ1n) is 6.23. The molecule has 3 N–H and O–H groups in total. The molecule has 1 amide bonds. The Balaban J connectivity index is 2.88. The standard InChI is InChI=1S/C12H22N2O4/c1-9(2)14(7-10(15)16)11(17)12(8-13)3-5-18-6-4-12/h9H,3-8,13H2,1-2H3,(H,15,16). The maximum Gasteiger partial charge on any atom is 0.323 e. The van der Waals surface area contributed by atoms with Crippen molar-refractivity contribution in [3.05, 3.63) is 0 Å². The van der Waals surface area contributed by atoms with E-state index in [0.717, 1.165) is 0 Å². The van der Waals surface area contributed by atoms with Crippen molar-refractivity contribution >= 4 is 11.9 Å². The SMILES string of the molecule is CC(C)N(CC(=O)O)C(=O)C1(CN)CCOCC1. The average molecular weight is 258 g/mol. The Labute approximate surface area is 107 Å². The van der Waals surface area contributed by atoms with Gasteiger partial charge < -0.3 is 20.5 Å². The third kappa shape index (κ3) is 3.20. The molecule has 104 valence electrons. The smallest absolute Gasteiger partial charge is 0.323 e. The molecule has 1 aliphatic rings. The molecule has 0 atom stereocenters. The fraction of sp³-hybridized carbons (Fsp3) is 0.833. The summed E-state index contributed by atoms with van der Waals surface area (Å²) in [4.78, 5) is 24.8. The van der Waals surface area contributed by atoms with Crippen LogP contribution in [0.5, 0.6) is 0 Å². The van der Waals surface area contributed by atoms with Crippen LogP contribution in [0.4, 0.5) is 0 Å². The van der Waals surface area contributed by atoms with Gasteiger partial charge in [0.1, 0.15) is 6.54 Å². The second-order valence-corrected chi connectivity index (χ2v) is 5.02. The van der Waals surface area contributed by atoms with Crippen molar-refractivity contribution in [1.29, 1.82) is 0 Å². The monoisotopic (exact) mass is 258 g/mol. The topological polar surface area (TPSA) is 92.9 Å². The van der Waals surface area contributed by atoms with E-state index in [1.54, 1.807) is 0 Å². The molecular weight excluding hydrogens is 236 g/mol. The first-order valence-corrected chi connectivity index (χ1v) is 6.23. The van der Waals surface area contributed by atoms with Crippen LogP contribution < -0.4 is 5.73 Å². The molecule has 0 spiro atoms. The van der Waals surface area contributed by atoms with E-state index >= 15 is 0 Å². The van der Waals surface area contributed by atoms with Gasteiger partial charge in [0.15, 0.2) is 0 Å². The summed E-state index contributed by atoms with van der Waals surface area (Å²) in [5, 5.41) is 8.89. The highest BCUT2D eigenvalue weighted by Crippen LogP contribution is 2.32. The van der Waals surface area contributed by atoms with Crippen molar-refractivity contribution in [2.45, 2.75) is 32.7 Å². The second-order valence-electron chi connectivity index (χ2n) is 5.02. The van der Waals surface area contributed by atoms with Gasteiger partial charge in [-0.25, -0.2) is 0 Å². The summed E-state index contributed by atoms with van der Waals surface area (Å²) in [6.45, 7) is 4.58. The van der Waals surface area contributed by atoms with Gasteiger partial charge in [0.05, 0.1) is 5.41 Å². The van der Waals surface area contributed by atoms with E-state index < -0.39 is 11.4 Å². The van der Waals surface area contributed by atoms with Gasteiger partial charge in [-0.1, -0.05) is 0 Å². The fourth-order valence-corrected chi connectivity index (χ4v) is 2.21. The number of nitrogens with two attached hydrogens (primary N) is 1. The predicted octanol–water partition coefficient (Wildman–Crippen LogP) is 0.0635. The van der Waals surface area contributed by atoms with Gasteiger partial charge in [-0.3, -0.25) is 9.59 Å². The van der Waals surface area contributed by atoms with Crippen LogP contribution in [0.2, 0.25) is 0 Å². The van der Waals surface area contributed by atoms with Crippen LogP contribution in [-0.2, 0) is 14.3 Å². The predicted molar refractivity (Wildman–Crippen MR) is 66.0 cm³/mol. The van der Waals surface area contributed by atoms with Crippen LogP contribution >= 0.6 is 0 Å². The molecule has 6 heteroatoms. The van der Waals surface area contributed by atoms with Gasteiger partial charge in [0.25, 0.3) is 0 Å². The lowest BCUT2D eigenvalue weighted by atomic mass is 9.78. The summed E-state index contributed by atoms with van der Waals surface area (Å²) in [5.74, 6) is -1.16. The summed E-state index contributed by atoms with van der Waals surface area (Å²) < 4.78 is 5.26. The van der Waals surface area contributed by atoms with E-state index in [2.05, 4.69) is 0 Å². The molecule has 0 bridgehead atoms. The molecule has 1 fully saturated rings. The number of carboxylic acid groups (broad SMARTS) is 1. The van der Waals surface area contributed by atoms with E-state index in [-0.39, 0.29) is 25.0 Å². The summed E-state index contributed by atoms with van der Waals surface area (Å²) >= 11 is 0. The Bertz CT molecular complexity index is 311. The zero-order valence-corrected chi connectivity index (χ0v) is 11.0. The maximum atomic E-state index is 12.6. The van der Waals surface area contributed by atoms with Crippen LogP contribution in [0.3, 0.4) is 0 Å². The number of aliphatic carboxylic acids is 1. The molecule has 1 aliphatic heterocycles. The summed E-state index contributed by atoms with van der Waals surface area (Å²) in [6, 6.07) is -0.153. The van der Waals surface area contributed by atoms with Crippen LogP contribution in [0.1, 0.15) is 26.7 Å². The largest absolute Gasteiger partial charge is 0.480 e. The minimum Gasteiger partial charge on any atom is -0.480 e. The Morgan fingerprint density at radius 2 is 1.94 bits per heavy atom. The Morgan fingerprint density at radius 3 is 2.33 bits per heavy atom. The lowest BCUT2D eigenvalue weighted by Gasteiger charge is -2.39. The number of carbonyl (C=O) groups is 2. The summed E-state index contributed by atoms with van der Waals surface area (Å²) in [6.07, 6.45) is 1.12. The Kier molecular flexibility index (Phi) is 5.10. The number of amides is 1. The van der Waals surface area contributed by atoms with E-state index in [1.807, 2.05) is 13.8 Å². The molecule has 0 aromatic rings. The first kappa shape index (κ1) is 14.9. The van der Waals surface area contributed by atoms with Gasteiger partial charge in [0.2, 0.25) is 5.91 Å². The van der Waals surface area contributed by atoms with Crippen molar-refractivity contribution in [2.75, 3.05) is 26.3 Å². The minimum absolute atomic E-state index is 0.153. The molecule has 0 aromatic carbocycles. The number of carboxylic acids is 1. The molecular formula is C12H22N2O4. The van der Waals surface area contributed by atoms with Gasteiger partial charge in [0, 0.05) is 25.8 Å². The van der Waals surface area contributed by atoms with Crippen molar-refractivity contribution in [3.8, 4) is 0 Å². The zero-order valence-electron chi connectivity index (χ0n) is 11.0. The molecule has 1 saturated heterocycles. The van der Waals surface area contributed by atoms with Gasteiger partial charge in [-0.2, -0.15) is 0 Å². The van der Waals surface area contributed by atoms with Gasteiger partial charge in [-0.05, 0) is 26.7 Å². The zero-order chi connectivity index (χ0) is 13.8. The lowest BCUT2D eigenvalue weighted by Crippen LogP contribution is -2.54. The molecule has 6 nitrogen and oxygen atoms in total. The minimum atomic E-state index is -1.00. The van der Waals surface area contributed by atoms with E-state index in [0.29, 0.717) is 26.1 Å². The van der Waals surface area contributed by atoms with Crippen molar-refractivity contribution in [1.82, 2.24) is 4.90 Å². The second kappa shape index (κ2) is 6.15. The molecule has 0 aromatic heterocycles. The molecule has 0 radical (unpaired) electrons. The molecule has 0 saturated carbocycles. The summed E-state index contributed by atoms with van der Waals surface area (Å²) in [7, 11) is 0. The highest BCUT2D eigenvalue weighted by Gasteiger charge is 2.42. The molecule has 1 heterocycles.